The van der Waals surface area contributed by atoms with E-state index in [1.807, 2.05) is 0 Å². The lowest BCUT2D eigenvalue weighted by Gasteiger charge is -2.09. The summed E-state index contributed by atoms with van der Waals surface area (Å²) in [5.41, 5.74) is -2.09. The summed E-state index contributed by atoms with van der Waals surface area (Å²) < 4.78 is 80.3. The van der Waals surface area contributed by atoms with Gasteiger partial charge in [0.2, 0.25) is 5.82 Å². The number of carboxylic acid groups (broad SMARTS) is 1. The molecule has 0 atom stereocenters. The summed E-state index contributed by atoms with van der Waals surface area (Å²) in [7, 11) is 0. The van der Waals surface area contributed by atoms with E-state index in [1.54, 1.807) is 0 Å². The minimum absolute atomic E-state index is 0.236. The van der Waals surface area contributed by atoms with Crippen LogP contribution >= 0.6 is 0 Å². The second kappa shape index (κ2) is 6.15. The van der Waals surface area contributed by atoms with Gasteiger partial charge in [0.15, 0.2) is 23.3 Å². The van der Waals surface area contributed by atoms with Gasteiger partial charge >= 0.3 is 5.97 Å². The van der Waals surface area contributed by atoms with Crippen LogP contribution < -0.4 is 0 Å². The number of benzene rings is 2. The first kappa shape index (κ1) is 16.6. The van der Waals surface area contributed by atoms with Crippen LogP contribution in [-0.2, 0) is 4.79 Å². The van der Waals surface area contributed by atoms with Gasteiger partial charge in [0.1, 0.15) is 5.82 Å². The molecule has 0 unspecified atom stereocenters. The van der Waals surface area contributed by atoms with E-state index in [2.05, 4.69) is 0 Å². The Morgan fingerprint density at radius 2 is 1.39 bits per heavy atom. The number of carbonyl (C=O) groups is 1. The zero-order valence-corrected chi connectivity index (χ0v) is 11.0. The maximum Gasteiger partial charge on any atom is 0.328 e. The second-order valence-electron chi connectivity index (χ2n) is 4.35. The molecule has 0 saturated carbocycles. The number of rotatable bonds is 3. The average molecular weight is 332 g/mol. The van der Waals surface area contributed by atoms with Crippen LogP contribution in [0.3, 0.4) is 0 Å². The van der Waals surface area contributed by atoms with Crippen LogP contribution in [-0.4, -0.2) is 11.1 Å². The van der Waals surface area contributed by atoms with E-state index >= 15 is 0 Å². The molecule has 0 aliphatic heterocycles. The van der Waals surface area contributed by atoms with Crippen molar-refractivity contribution in [1.82, 2.24) is 0 Å². The normalized spacial score (nSPS) is 11.2. The molecule has 0 radical (unpaired) electrons. The molecule has 0 spiro atoms. The summed E-state index contributed by atoms with van der Waals surface area (Å²) in [5, 5.41) is 8.43. The first-order valence-corrected chi connectivity index (χ1v) is 5.96. The van der Waals surface area contributed by atoms with Crippen molar-refractivity contribution in [3.05, 3.63) is 64.7 Å². The van der Waals surface area contributed by atoms with E-state index in [4.69, 9.17) is 5.11 Å². The Hall–Kier alpha value is -2.77. The molecule has 0 heterocycles. The highest BCUT2D eigenvalue weighted by Crippen LogP contribution is 2.32. The highest BCUT2D eigenvalue weighted by molar-refractivity contribution is 5.85. The van der Waals surface area contributed by atoms with E-state index in [-0.39, 0.29) is 5.56 Å². The fourth-order valence-corrected chi connectivity index (χ4v) is 1.84. The first-order valence-electron chi connectivity index (χ1n) is 5.96. The summed E-state index contributed by atoms with van der Waals surface area (Å²) >= 11 is 0. The third kappa shape index (κ3) is 3.05. The molecule has 2 aromatic rings. The van der Waals surface area contributed by atoms with Crippen molar-refractivity contribution in [2.24, 2.45) is 0 Å². The van der Waals surface area contributed by atoms with Crippen LogP contribution in [0, 0.1) is 34.9 Å². The minimum Gasteiger partial charge on any atom is -0.478 e. The predicted molar refractivity (Wildman–Crippen MR) is 68.3 cm³/mol. The van der Waals surface area contributed by atoms with Crippen molar-refractivity contribution in [3.63, 3.8) is 0 Å². The second-order valence-corrected chi connectivity index (χ2v) is 4.35. The smallest absolute Gasteiger partial charge is 0.328 e. The third-order valence-electron chi connectivity index (χ3n) is 2.90. The van der Waals surface area contributed by atoms with E-state index in [1.165, 1.54) is 0 Å². The predicted octanol–water partition coefficient (Wildman–Crippen LogP) is 4.29. The van der Waals surface area contributed by atoms with Crippen molar-refractivity contribution in [1.29, 1.82) is 0 Å². The van der Waals surface area contributed by atoms with E-state index < -0.39 is 52.0 Å². The van der Waals surface area contributed by atoms with Gasteiger partial charge in [-0.15, -0.1) is 0 Å². The summed E-state index contributed by atoms with van der Waals surface area (Å²) in [4.78, 5) is 10.3. The van der Waals surface area contributed by atoms with Crippen molar-refractivity contribution in [3.8, 4) is 11.1 Å². The van der Waals surface area contributed by atoms with Gasteiger partial charge in [0, 0.05) is 11.6 Å². The fourth-order valence-electron chi connectivity index (χ4n) is 1.84. The molecule has 0 aliphatic carbocycles. The SMILES string of the molecule is O=C(O)/C=C/c1ccc(-c2c(F)c(F)c(F)c(F)c2F)cc1F. The van der Waals surface area contributed by atoms with Crippen LogP contribution in [0.25, 0.3) is 17.2 Å². The highest BCUT2D eigenvalue weighted by Gasteiger charge is 2.26. The molecule has 0 bridgehead atoms. The van der Waals surface area contributed by atoms with Gasteiger partial charge in [0.05, 0.1) is 5.56 Å². The monoisotopic (exact) mass is 332 g/mol. The summed E-state index contributed by atoms with van der Waals surface area (Å²) in [6.07, 6.45) is 1.50. The molecule has 8 heteroatoms. The van der Waals surface area contributed by atoms with E-state index in [0.29, 0.717) is 12.1 Å². The quantitative estimate of drug-likeness (QED) is 0.394. The molecular weight excluding hydrogens is 326 g/mol. The zero-order chi connectivity index (χ0) is 17.3. The fraction of sp³-hybridized carbons (Fsp3) is 0. The highest BCUT2D eigenvalue weighted by atomic mass is 19.2. The molecule has 23 heavy (non-hydrogen) atoms. The van der Waals surface area contributed by atoms with Gasteiger partial charge in [-0.1, -0.05) is 12.1 Å². The molecule has 2 nitrogen and oxygen atoms in total. The zero-order valence-electron chi connectivity index (χ0n) is 11.0. The van der Waals surface area contributed by atoms with Crippen molar-refractivity contribution in [2.45, 2.75) is 0 Å². The Morgan fingerprint density at radius 3 is 1.87 bits per heavy atom. The lowest BCUT2D eigenvalue weighted by atomic mass is 10.0. The summed E-state index contributed by atoms with van der Waals surface area (Å²) in [6.45, 7) is 0. The molecule has 120 valence electrons. The maximum absolute atomic E-state index is 13.8. The molecule has 0 amide bonds. The van der Waals surface area contributed by atoms with Gasteiger partial charge in [-0.05, 0) is 17.7 Å². The van der Waals surface area contributed by atoms with Crippen LogP contribution in [0.5, 0.6) is 0 Å². The molecule has 0 aromatic heterocycles. The molecule has 1 N–H and O–H groups in total. The van der Waals surface area contributed by atoms with Crippen molar-refractivity contribution in [2.75, 3.05) is 0 Å². The van der Waals surface area contributed by atoms with Gasteiger partial charge in [-0.25, -0.2) is 31.1 Å². The van der Waals surface area contributed by atoms with Crippen LogP contribution in [0.4, 0.5) is 26.3 Å². The lowest BCUT2D eigenvalue weighted by molar-refractivity contribution is -0.131. The van der Waals surface area contributed by atoms with Gasteiger partial charge < -0.3 is 5.11 Å². The number of hydrogen-bond acceptors (Lipinski definition) is 1. The average Bonchev–Trinajstić information content (AvgIpc) is 2.50. The number of carboxylic acids is 1. The van der Waals surface area contributed by atoms with Crippen molar-refractivity contribution < 1.29 is 36.2 Å². The van der Waals surface area contributed by atoms with Gasteiger partial charge in [-0.2, -0.15) is 0 Å². The lowest BCUT2D eigenvalue weighted by Crippen LogP contribution is -2.04. The van der Waals surface area contributed by atoms with Crippen LogP contribution in [0.15, 0.2) is 24.3 Å². The largest absolute Gasteiger partial charge is 0.478 e. The van der Waals surface area contributed by atoms with Gasteiger partial charge in [0.25, 0.3) is 0 Å². The molecule has 2 aromatic carbocycles. The minimum atomic E-state index is -2.31. The topological polar surface area (TPSA) is 37.3 Å². The number of halogens is 6. The maximum atomic E-state index is 13.8. The Labute approximate surface area is 125 Å². The van der Waals surface area contributed by atoms with Crippen LogP contribution in [0.1, 0.15) is 5.56 Å². The standard InChI is InChI=1S/C15H6F6O2/c16-8-5-7(2-1-6(8)3-4-9(22)23)10-11(17)13(19)15(21)14(20)12(10)18/h1-5H,(H,22,23)/b4-3+. The Bertz CT molecular complexity index is 800. The molecule has 0 aliphatic rings. The van der Waals surface area contributed by atoms with E-state index in [0.717, 1.165) is 18.2 Å². The van der Waals surface area contributed by atoms with Crippen molar-refractivity contribution >= 4 is 12.0 Å². The third-order valence-corrected chi connectivity index (χ3v) is 2.90. The van der Waals surface area contributed by atoms with Gasteiger partial charge in [-0.3, -0.25) is 0 Å². The van der Waals surface area contributed by atoms with Crippen LogP contribution in [0.2, 0.25) is 0 Å². The molecule has 2 rings (SSSR count). The molecule has 0 saturated heterocycles. The number of hydrogen-bond donors (Lipinski definition) is 1. The summed E-state index contributed by atoms with van der Waals surface area (Å²) in [6, 6.07) is 2.39. The Kier molecular flexibility index (Phi) is 4.44. The summed E-state index contributed by atoms with van der Waals surface area (Å²) in [5.74, 6) is -13.2. The molecule has 0 fully saturated rings. The Morgan fingerprint density at radius 1 is 0.870 bits per heavy atom. The first-order chi connectivity index (χ1) is 10.7. The van der Waals surface area contributed by atoms with E-state index in [9.17, 15) is 31.1 Å². The number of aliphatic carboxylic acids is 1. The molecular formula is C15H6F6O2. The Balaban J connectivity index is 2.61.